The highest BCUT2D eigenvalue weighted by molar-refractivity contribution is 5.41. The highest BCUT2D eigenvalue weighted by Gasteiger charge is 2.19. The van der Waals surface area contributed by atoms with Crippen LogP contribution in [0.4, 0.5) is 4.39 Å². The van der Waals surface area contributed by atoms with E-state index in [1.165, 1.54) is 12.4 Å². The van der Waals surface area contributed by atoms with Crippen molar-refractivity contribution in [3.63, 3.8) is 0 Å². The number of nitrogens with two attached hydrogens (primary N) is 1. The Morgan fingerprint density at radius 2 is 2.16 bits per heavy atom. The van der Waals surface area contributed by atoms with Crippen LogP contribution in [-0.2, 0) is 19.4 Å². The van der Waals surface area contributed by atoms with Crippen LogP contribution in [0.1, 0.15) is 23.2 Å². The Kier molecular flexibility index (Phi) is 3.13. The summed E-state index contributed by atoms with van der Waals surface area (Å²) in [5.41, 5.74) is 7.98. The molecule has 2 N–H and O–H groups in total. The van der Waals surface area contributed by atoms with Gasteiger partial charge in [0.15, 0.2) is 0 Å². The zero-order valence-corrected chi connectivity index (χ0v) is 10.4. The molecule has 1 aromatic heterocycles. The standard InChI is InChI=1S/C14H14FN3O/c15-11-4-2-6-13(10(11)7-16)19-14-9-3-1-5-12(9)17-8-18-14/h2,4,6,8H,1,3,5,7,16H2. The van der Waals surface area contributed by atoms with E-state index in [1.54, 1.807) is 12.1 Å². The molecule has 0 atom stereocenters. The molecule has 98 valence electrons. The monoisotopic (exact) mass is 259 g/mol. The lowest BCUT2D eigenvalue weighted by molar-refractivity contribution is 0.443. The van der Waals surface area contributed by atoms with Crippen LogP contribution >= 0.6 is 0 Å². The summed E-state index contributed by atoms with van der Waals surface area (Å²) >= 11 is 0. The number of halogens is 1. The fourth-order valence-electron chi connectivity index (χ4n) is 2.35. The van der Waals surface area contributed by atoms with E-state index in [2.05, 4.69) is 9.97 Å². The second-order valence-electron chi connectivity index (χ2n) is 4.48. The van der Waals surface area contributed by atoms with E-state index in [-0.39, 0.29) is 12.4 Å². The Morgan fingerprint density at radius 1 is 1.26 bits per heavy atom. The Labute approximate surface area is 110 Å². The molecule has 0 bridgehead atoms. The molecule has 1 aliphatic rings. The minimum absolute atomic E-state index is 0.0925. The largest absolute Gasteiger partial charge is 0.438 e. The van der Waals surface area contributed by atoms with Crippen molar-refractivity contribution in [2.24, 2.45) is 5.73 Å². The summed E-state index contributed by atoms with van der Waals surface area (Å²) in [5, 5.41) is 0. The van der Waals surface area contributed by atoms with Crippen molar-refractivity contribution < 1.29 is 9.13 Å². The molecule has 0 radical (unpaired) electrons. The molecular formula is C14H14FN3O. The normalized spacial score (nSPS) is 13.4. The maximum Gasteiger partial charge on any atom is 0.225 e. The van der Waals surface area contributed by atoms with E-state index in [9.17, 15) is 4.39 Å². The predicted octanol–water partition coefficient (Wildman–Crippen LogP) is 2.36. The summed E-state index contributed by atoms with van der Waals surface area (Å²) in [7, 11) is 0. The second-order valence-corrected chi connectivity index (χ2v) is 4.48. The van der Waals surface area contributed by atoms with Crippen LogP contribution in [0, 0.1) is 5.82 Å². The topological polar surface area (TPSA) is 61.0 Å². The first-order chi connectivity index (χ1) is 9.29. The maximum atomic E-state index is 13.6. The van der Waals surface area contributed by atoms with Crippen LogP contribution in [-0.4, -0.2) is 9.97 Å². The lowest BCUT2D eigenvalue weighted by Gasteiger charge is -2.12. The average molecular weight is 259 g/mol. The van der Waals surface area contributed by atoms with Crippen molar-refractivity contribution in [3.05, 3.63) is 47.2 Å². The first kappa shape index (κ1) is 12.0. The van der Waals surface area contributed by atoms with Gasteiger partial charge in [0.2, 0.25) is 5.88 Å². The molecule has 0 aliphatic heterocycles. The average Bonchev–Trinajstić information content (AvgIpc) is 2.88. The van der Waals surface area contributed by atoms with E-state index in [1.807, 2.05) is 0 Å². The van der Waals surface area contributed by atoms with Crippen LogP contribution in [0.5, 0.6) is 11.6 Å². The van der Waals surface area contributed by atoms with Gasteiger partial charge in [-0.3, -0.25) is 0 Å². The predicted molar refractivity (Wildman–Crippen MR) is 68.4 cm³/mol. The van der Waals surface area contributed by atoms with Crippen molar-refractivity contribution in [2.75, 3.05) is 0 Å². The SMILES string of the molecule is NCc1c(F)cccc1Oc1ncnc2c1CCC2. The molecule has 1 aromatic carbocycles. The summed E-state index contributed by atoms with van der Waals surface area (Å²) in [4.78, 5) is 8.39. The fraction of sp³-hybridized carbons (Fsp3) is 0.286. The van der Waals surface area contributed by atoms with E-state index in [0.29, 0.717) is 17.2 Å². The molecule has 4 nitrogen and oxygen atoms in total. The van der Waals surface area contributed by atoms with Gasteiger partial charge in [0.25, 0.3) is 0 Å². The number of aryl methyl sites for hydroxylation is 1. The van der Waals surface area contributed by atoms with Crippen molar-refractivity contribution in [1.29, 1.82) is 0 Å². The molecular weight excluding hydrogens is 245 g/mol. The van der Waals surface area contributed by atoms with Crippen molar-refractivity contribution in [1.82, 2.24) is 9.97 Å². The minimum atomic E-state index is -0.356. The number of benzene rings is 1. The summed E-state index contributed by atoms with van der Waals surface area (Å²) < 4.78 is 19.4. The van der Waals surface area contributed by atoms with Crippen LogP contribution in [0.2, 0.25) is 0 Å². The molecule has 0 fully saturated rings. The summed E-state index contributed by atoms with van der Waals surface area (Å²) in [5.74, 6) is 0.587. The third-order valence-electron chi connectivity index (χ3n) is 3.32. The third kappa shape index (κ3) is 2.17. The zero-order chi connectivity index (χ0) is 13.2. The summed E-state index contributed by atoms with van der Waals surface area (Å²) in [6, 6.07) is 4.68. The fourth-order valence-corrected chi connectivity index (χ4v) is 2.35. The molecule has 0 saturated heterocycles. The van der Waals surface area contributed by atoms with Gasteiger partial charge >= 0.3 is 0 Å². The molecule has 0 spiro atoms. The van der Waals surface area contributed by atoms with Crippen LogP contribution in [0.3, 0.4) is 0 Å². The molecule has 3 rings (SSSR count). The van der Waals surface area contributed by atoms with Crippen molar-refractivity contribution >= 4 is 0 Å². The third-order valence-corrected chi connectivity index (χ3v) is 3.32. The lowest BCUT2D eigenvalue weighted by Crippen LogP contribution is -2.04. The van der Waals surface area contributed by atoms with Gasteiger partial charge < -0.3 is 10.5 Å². The van der Waals surface area contributed by atoms with Gasteiger partial charge in [0, 0.05) is 17.7 Å². The lowest BCUT2D eigenvalue weighted by atomic mass is 10.2. The first-order valence-electron chi connectivity index (χ1n) is 6.27. The Balaban J connectivity index is 1.99. The summed E-state index contributed by atoms with van der Waals surface area (Å²) in [6.45, 7) is 0.0925. The van der Waals surface area contributed by atoms with Gasteiger partial charge in [-0.15, -0.1) is 0 Å². The van der Waals surface area contributed by atoms with Gasteiger partial charge in [-0.2, -0.15) is 0 Å². The van der Waals surface area contributed by atoms with Crippen LogP contribution in [0.25, 0.3) is 0 Å². The number of fused-ring (bicyclic) bond motifs is 1. The van der Waals surface area contributed by atoms with Gasteiger partial charge in [-0.05, 0) is 31.4 Å². The van der Waals surface area contributed by atoms with Crippen molar-refractivity contribution in [2.45, 2.75) is 25.8 Å². The highest BCUT2D eigenvalue weighted by atomic mass is 19.1. The number of aromatic nitrogens is 2. The molecule has 5 heteroatoms. The molecule has 0 amide bonds. The number of hydrogen-bond donors (Lipinski definition) is 1. The Bertz CT molecular complexity index is 604. The molecule has 19 heavy (non-hydrogen) atoms. The molecule has 1 aliphatic carbocycles. The number of nitrogens with zero attached hydrogens (tertiary/aromatic N) is 2. The van der Waals surface area contributed by atoms with Gasteiger partial charge in [0.1, 0.15) is 17.9 Å². The Morgan fingerprint density at radius 3 is 3.00 bits per heavy atom. The summed E-state index contributed by atoms with van der Waals surface area (Å²) in [6.07, 6.45) is 4.39. The van der Waals surface area contributed by atoms with Crippen LogP contribution in [0.15, 0.2) is 24.5 Å². The first-order valence-corrected chi connectivity index (χ1v) is 6.27. The van der Waals surface area contributed by atoms with Crippen molar-refractivity contribution in [3.8, 4) is 11.6 Å². The molecule has 0 unspecified atom stereocenters. The van der Waals surface area contributed by atoms with E-state index >= 15 is 0 Å². The smallest absolute Gasteiger partial charge is 0.225 e. The zero-order valence-electron chi connectivity index (χ0n) is 10.4. The molecule has 2 aromatic rings. The van der Waals surface area contributed by atoms with E-state index in [4.69, 9.17) is 10.5 Å². The quantitative estimate of drug-likeness (QED) is 0.919. The van der Waals surface area contributed by atoms with Gasteiger partial charge in [-0.1, -0.05) is 6.07 Å². The van der Waals surface area contributed by atoms with E-state index < -0.39 is 0 Å². The molecule has 1 heterocycles. The van der Waals surface area contributed by atoms with E-state index in [0.717, 1.165) is 30.5 Å². The second kappa shape index (κ2) is 4.93. The maximum absolute atomic E-state index is 13.6. The molecule has 0 saturated carbocycles. The van der Waals surface area contributed by atoms with Crippen LogP contribution < -0.4 is 10.5 Å². The van der Waals surface area contributed by atoms with Gasteiger partial charge in [-0.25, -0.2) is 14.4 Å². The van der Waals surface area contributed by atoms with Gasteiger partial charge in [0.05, 0.1) is 5.69 Å². The number of hydrogen-bond acceptors (Lipinski definition) is 4. The number of ether oxygens (including phenoxy) is 1. The highest BCUT2D eigenvalue weighted by Crippen LogP contribution is 2.32. The Hall–Kier alpha value is -2.01. The number of rotatable bonds is 3. The minimum Gasteiger partial charge on any atom is -0.438 e.